The van der Waals surface area contributed by atoms with Gasteiger partial charge in [0.05, 0.1) is 4.91 Å². The van der Waals surface area contributed by atoms with Crippen LogP contribution in [0, 0.1) is 0 Å². The maximum Gasteiger partial charge on any atom is 0.266 e. The predicted octanol–water partition coefficient (Wildman–Crippen LogP) is 6.02. The minimum Gasteiger partial charge on any atom is -0.326 e. The van der Waals surface area contributed by atoms with E-state index in [1.807, 2.05) is 73.7 Å². The van der Waals surface area contributed by atoms with Crippen molar-refractivity contribution < 1.29 is 9.59 Å². The fourth-order valence-corrected chi connectivity index (χ4v) is 4.70. The highest BCUT2D eigenvalue weighted by atomic mass is 79.9. The molecule has 0 saturated carbocycles. The lowest BCUT2D eigenvalue weighted by atomic mass is 10.1. The first kappa shape index (κ1) is 22.5. The number of thiocarbonyl (C=S) groups is 1. The molecular weight excluding hydrogens is 480 g/mol. The van der Waals surface area contributed by atoms with Crippen molar-refractivity contribution in [3.05, 3.63) is 81.2 Å². The molecule has 0 spiro atoms. The average Bonchev–Trinajstić information content (AvgIpc) is 2.96. The second-order valence-electron chi connectivity index (χ2n) is 6.79. The summed E-state index contributed by atoms with van der Waals surface area (Å²) in [6.07, 6.45) is 4.75. The summed E-state index contributed by atoms with van der Waals surface area (Å²) >= 11 is 10.1. The van der Waals surface area contributed by atoms with Gasteiger partial charge in [-0.05, 0) is 48.8 Å². The highest BCUT2D eigenvalue weighted by Crippen LogP contribution is 2.32. The van der Waals surface area contributed by atoms with Gasteiger partial charge in [-0.1, -0.05) is 82.4 Å². The van der Waals surface area contributed by atoms with Gasteiger partial charge < -0.3 is 5.32 Å². The van der Waals surface area contributed by atoms with Crippen LogP contribution in [0.2, 0.25) is 0 Å². The molecule has 3 rings (SSSR count). The van der Waals surface area contributed by atoms with Gasteiger partial charge in [0.25, 0.3) is 5.91 Å². The molecule has 0 bridgehead atoms. The molecule has 154 valence electrons. The largest absolute Gasteiger partial charge is 0.326 e. The molecule has 0 aromatic heterocycles. The van der Waals surface area contributed by atoms with Crippen LogP contribution in [0.5, 0.6) is 0 Å². The minimum absolute atomic E-state index is 0.0873. The molecule has 2 amide bonds. The van der Waals surface area contributed by atoms with Crippen LogP contribution in [0.3, 0.4) is 0 Å². The molecule has 4 nitrogen and oxygen atoms in total. The highest BCUT2D eigenvalue weighted by Gasteiger charge is 2.31. The Morgan fingerprint density at radius 2 is 1.97 bits per heavy atom. The number of halogens is 1. The zero-order valence-electron chi connectivity index (χ0n) is 16.4. The van der Waals surface area contributed by atoms with Gasteiger partial charge in [0.1, 0.15) is 4.32 Å². The number of hydrogen-bond acceptors (Lipinski definition) is 4. The SMILES string of the molecule is CC(/C=C1\SC(=S)N(CCCC(=O)Nc2cccc(Br)c2)C1=O)=C\c1ccccc1. The third kappa shape index (κ3) is 6.39. The first-order valence-electron chi connectivity index (χ1n) is 9.46. The Morgan fingerprint density at radius 1 is 1.20 bits per heavy atom. The Hall–Kier alpha value is -2.22. The molecule has 0 unspecified atom stereocenters. The van der Waals surface area contributed by atoms with Crippen molar-refractivity contribution in [2.24, 2.45) is 0 Å². The van der Waals surface area contributed by atoms with Crippen LogP contribution in [0.1, 0.15) is 25.3 Å². The van der Waals surface area contributed by atoms with E-state index in [0.717, 1.165) is 21.3 Å². The number of nitrogens with zero attached hydrogens (tertiary/aromatic N) is 1. The summed E-state index contributed by atoms with van der Waals surface area (Å²) in [5.74, 6) is -0.186. The summed E-state index contributed by atoms with van der Waals surface area (Å²) in [7, 11) is 0. The number of rotatable bonds is 7. The molecule has 1 aliphatic heterocycles. The maximum absolute atomic E-state index is 12.7. The van der Waals surface area contributed by atoms with E-state index in [9.17, 15) is 9.59 Å². The fraction of sp³-hybridized carbons (Fsp3) is 0.174. The summed E-state index contributed by atoms with van der Waals surface area (Å²) in [6.45, 7) is 2.39. The van der Waals surface area contributed by atoms with Crippen molar-refractivity contribution in [2.45, 2.75) is 19.8 Å². The van der Waals surface area contributed by atoms with Crippen LogP contribution in [-0.2, 0) is 9.59 Å². The number of allylic oxidation sites excluding steroid dienone is 2. The van der Waals surface area contributed by atoms with Gasteiger partial charge >= 0.3 is 0 Å². The quantitative estimate of drug-likeness (QED) is 0.373. The smallest absolute Gasteiger partial charge is 0.266 e. The standard InChI is InChI=1S/C23H21BrN2O2S2/c1-16(13-17-7-3-2-4-8-17)14-20-22(28)26(23(29)30-20)12-6-11-21(27)25-19-10-5-9-18(24)15-19/h2-5,7-10,13-15H,6,11-12H2,1H3,(H,25,27)/b16-13+,20-14-. The molecule has 1 heterocycles. The van der Waals surface area contributed by atoms with Crippen molar-refractivity contribution in [1.82, 2.24) is 4.90 Å². The molecular formula is C23H21BrN2O2S2. The number of carbonyl (C=O) groups excluding carboxylic acids is 2. The van der Waals surface area contributed by atoms with Crippen LogP contribution in [0.15, 0.2) is 75.6 Å². The van der Waals surface area contributed by atoms with Crippen LogP contribution < -0.4 is 5.32 Å². The van der Waals surface area contributed by atoms with Gasteiger partial charge in [0.15, 0.2) is 0 Å². The Kier molecular flexibility index (Phi) is 8.01. The summed E-state index contributed by atoms with van der Waals surface area (Å²) in [5.41, 5.74) is 2.80. The number of carbonyl (C=O) groups is 2. The third-order valence-electron chi connectivity index (χ3n) is 4.32. The second-order valence-corrected chi connectivity index (χ2v) is 9.39. The normalized spacial score (nSPS) is 15.7. The molecule has 2 aromatic rings. The first-order valence-corrected chi connectivity index (χ1v) is 11.5. The molecule has 1 fully saturated rings. The van der Waals surface area contributed by atoms with E-state index in [-0.39, 0.29) is 11.8 Å². The lowest BCUT2D eigenvalue weighted by Crippen LogP contribution is -2.29. The molecule has 2 aromatic carbocycles. The minimum atomic E-state index is -0.0989. The number of benzene rings is 2. The van der Waals surface area contributed by atoms with E-state index in [1.54, 1.807) is 4.90 Å². The molecule has 1 N–H and O–H groups in total. The maximum atomic E-state index is 12.7. The molecule has 1 aliphatic rings. The van der Waals surface area contributed by atoms with Crippen LogP contribution in [0.4, 0.5) is 5.69 Å². The predicted molar refractivity (Wildman–Crippen MR) is 132 cm³/mol. The van der Waals surface area contributed by atoms with E-state index in [2.05, 4.69) is 21.2 Å². The van der Waals surface area contributed by atoms with Gasteiger partial charge in [0.2, 0.25) is 5.91 Å². The lowest BCUT2D eigenvalue weighted by molar-refractivity contribution is -0.122. The van der Waals surface area contributed by atoms with E-state index < -0.39 is 0 Å². The van der Waals surface area contributed by atoms with Crippen LogP contribution >= 0.6 is 39.9 Å². The van der Waals surface area contributed by atoms with E-state index in [0.29, 0.717) is 28.6 Å². The summed E-state index contributed by atoms with van der Waals surface area (Å²) in [5, 5.41) is 2.86. The van der Waals surface area contributed by atoms with Crippen molar-refractivity contribution in [3.63, 3.8) is 0 Å². The lowest BCUT2D eigenvalue weighted by Gasteiger charge is -2.14. The van der Waals surface area contributed by atoms with Crippen molar-refractivity contribution in [1.29, 1.82) is 0 Å². The highest BCUT2D eigenvalue weighted by molar-refractivity contribution is 9.10. The molecule has 7 heteroatoms. The summed E-state index contributed by atoms with van der Waals surface area (Å²) in [4.78, 5) is 27.1. The molecule has 0 radical (unpaired) electrons. The number of nitrogens with one attached hydrogen (secondary N) is 1. The molecule has 0 aliphatic carbocycles. The fourth-order valence-electron chi connectivity index (χ4n) is 2.94. The Bertz CT molecular complexity index is 1020. The van der Waals surface area contributed by atoms with Gasteiger partial charge in [-0.25, -0.2) is 0 Å². The van der Waals surface area contributed by atoms with Crippen molar-refractivity contribution in [3.8, 4) is 0 Å². The van der Waals surface area contributed by atoms with Gasteiger partial charge in [-0.3, -0.25) is 14.5 Å². The van der Waals surface area contributed by atoms with Crippen LogP contribution in [-0.4, -0.2) is 27.6 Å². The molecule has 0 atom stereocenters. The molecule has 1 saturated heterocycles. The topological polar surface area (TPSA) is 49.4 Å². The zero-order chi connectivity index (χ0) is 21.5. The second kappa shape index (κ2) is 10.7. The summed E-state index contributed by atoms with van der Waals surface area (Å²) < 4.78 is 1.44. The zero-order valence-corrected chi connectivity index (χ0v) is 19.6. The Balaban J connectivity index is 1.53. The summed E-state index contributed by atoms with van der Waals surface area (Å²) in [6, 6.07) is 17.4. The van der Waals surface area contributed by atoms with E-state index in [4.69, 9.17) is 12.2 Å². The van der Waals surface area contributed by atoms with E-state index >= 15 is 0 Å². The van der Waals surface area contributed by atoms with Crippen molar-refractivity contribution in [2.75, 3.05) is 11.9 Å². The van der Waals surface area contributed by atoms with Gasteiger partial charge in [-0.2, -0.15) is 0 Å². The Labute approximate surface area is 194 Å². The van der Waals surface area contributed by atoms with Gasteiger partial charge in [0, 0.05) is 23.1 Å². The Morgan fingerprint density at radius 3 is 2.70 bits per heavy atom. The molecule has 30 heavy (non-hydrogen) atoms. The monoisotopic (exact) mass is 500 g/mol. The first-order chi connectivity index (χ1) is 14.4. The average molecular weight is 501 g/mol. The number of hydrogen-bond donors (Lipinski definition) is 1. The van der Waals surface area contributed by atoms with E-state index in [1.165, 1.54) is 11.8 Å². The van der Waals surface area contributed by atoms with Gasteiger partial charge in [-0.15, -0.1) is 0 Å². The number of thioether (sulfide) groups is 1. The van der Waals surface area contributed by atoms with Crippen molar-refractivity contribution >= 4 is 67.8 Å². The number of anilines is 1. The number of amides is 2. The third-order valence-corrected chi connectivity index (χ3v) is 6.19. The van der Waals surface area contributed by atoms with Crippen LogP contribution in [0.25, 0.3) is 6.08 Å².